The summed E-state index contributed by atoms with van der Waals surface area (Å²) in [6, 6.07) is 12.4. The van der Waals surface area contributed by atoms with E-state index in [0.717, 1.165) is 50.0 Å². The number of fused-ring (bicyclic) bond motifs is 2. The molecular formula is C27H21FN6O2S. The largest absolute Gasteiger partial charge is 0.352 e. The highest BCUT2D eigenvalue weighted by atomic mass is 32.2. The summed E-state index contributed by atoms with van der Waals surface area (Å²) in [5.41, 5.74) is 6.71. The Morgan fingerprint density at radius 1 is 0.919 bits per heavy atom. The van der Waals surface area contributed by atoms with Crippen LogP contribution in [0.3, 0.4) is 0 Å². The summed E-state index contributed by atoms with van der Waals surface area (Å²) in [4.78, 5) is 16.4. The summed E-state index contributed by atoms with van der Waals surface area (Å²) in [6.45, 7) is 0. The molecule has 5 aromatic heterocycles. The lowest BCUT2D eigenvalue weighted by Gasteiger charge is -2.07. The lowest BCUT2D eigenvalue weighted by atomic mass is 10.0. The number of aryl methyl sites for hydroxylation is 1. The van der Waals surface area contributed by atoms with E-state index in [2.05, 4.69) is 30.1 Å². The molecule has 2 N–H and O–H groups in total. The number of nitrogens with one attached hydrogen (secondary N) is 2. The van der Waals surface area contributed by atoms with Crippen LogP contribution >= 0.6 is 0 Å². The number of aromatic nitrogens is 6. The summed E-state index contributed by atoms with van der Waals surface area (Å²) >= 11 is 0. The van der Waals surface area contributed by atoms with Gasteiger partial charge < -0.3 is 4.98 Å². The van der Waals surface area contributed by atoms with Crippen molar-refractivity contribution in [1.29, 1.82) is 0 Å². The number of halogens is 1. The molecule has 10 heteroatoms. The number of H-pyrrole nitrogens is 2. The van der Waals surface area contributed by atoms with Crippen LogP contribution in [0.1, 0.15) is 5.56 Å². The van der Waals surface area contributed by atoms with Gasteiger partial charge in [0.2, 0.25) is 0 Å². The fraction of sp³-hybridized carbons (Fsp3) is 0.111. The number of benzene rings is 1. The molecular weight excluding hydrogens is 491 g/mol. The van der Waals surface area contributed by atoms with Crippen LogP contribution in [0.2, 0.25) is 0 Å². The van der Waals surface area contributed by atoms with Crippen molar-refractivity contribution in [3.63, 3.8) is 0 Å². The van der Waals surface area contributed by atoms with Crippen LogP contribution in [0.4, 0.5) is 4.39 Å². The van der Waals surface area contributed by atoms with Crippen LogP contribution in [0.15, 0.2) is 73.4 Å². The highest BCUT2D eigenvalue weighted by Crippen LogP contribution is 2.34. The number of aromatic amines is 2. The van der Waals surface area contributed by atoms with E-state index in [4.69, 9.17) is 0 Å². The molecule has 0 amide bonds. The van der Waals surface area contributed by atoms with Crippen molar-refractivity contribution in [2.45, 2.75) is 6.42 Å². The summed E-state index contributed by atoms with van der Waals surface area (Å²) < 4.78 is 37.7. The molecule has 0 atom stereocenters. The van der Waals surface area contributed by atoms with Gasteiger partial charge in [-0.25, -0.2) is 12.8 Å². The molecule has 6 aromatic rings. The zero-order valence-corrected chi connectivity index (χ0v) is 20.6. The van der Waals surface area contributed by atoms with Gasteiger partial charge in [0.1, 0.15) is 21.3 Å². The maximum atomic E-state index is 14.5. The quantitative estimate of drug-likeness (QED) is 0.326. The van der Waals surface area contributed by atoms with E-state index in [9.17, 15) is 12.8 Å². The minimum Gasteiger partial charge on any atom is -0.352 e. The molecule has 0 aliphatic carbocycles. The molecule has 0 saturated heterocycles. The van der Waals surface area contributed by atoms with E-state index in [-0.39, 0.29) is 12.2 Å². The number of nitrogens with zero attached hydrogens (tertiary/aromatic N) is 4. The molecule has 37 heavy (non-hydrogen) atoms. The number of pyridine rings is 3. The number of hydrogen-bond donors (Lipinski definition) is 2. The van der Waals surface area contributed by atoms with Gasteiger partial charge in [0.05, 0.1) is 40.6 Å². The Hall–Kier alpha value is -4.44. The fourth-order valence-corrected chi connectivity index (χ4v) is 5.06. The van der Waals surface area contributed by atoms with E-state index in [1.807, 2.05) is 30.3 Å². The van der Waals surface area contributed by atoms with Crippen molar-refractivity contribution in [2.24, 2.45) is 0 Å². The SMILES string of the molecule is CS(=O)(=O)CCc1cc(F)cc(-c2cncc3[nH]c(-c4n[nH]c5cnc(-c6cccnc6)cc45)cc23)c1. The van der Waals surface area contributed by atoms with Gasteiger partial charge in [0.25, 0.3) is 0 Å². The molecule has 8 nitrogen and oxygen atoms in total. The lowest BCUT2D eigenvalue weighted by Crippen LogP contribution is -2.06. The molecule has 0 bridgehead atoms. The van der Waals surface area contributed by atoms with Crippen LogP contribution in [0.25, 0.3) is 55.6 Å². The van der Waals surface area contributed by atoms with Crippen molar-refractivity contribution in [3.8, 4) is 33.8 Å². The van der Waals surface area contributed by atoms with Gasteiger partial charge in [-0.15, -0.1) is 0 Å². The maximum absolute atomic E-state index is 14.5. The van der Waals surface area contributed by atoms with Crippen LogP contribution < -0.4 is 0 Å². The second-order valence-electron chi connectivity index (χ2n) is 8.99. The van der Waals surface area contributed by atoms with E-state index < -0.39 is 15.7 Å². The summed E-state index contributed by atoms with van der Waals surface area (Å²) in [5, 5.41) is 9.30. The Balaban J connectivity index is 1.44. The maximum Gasteiger partial charge on any atom is 0.147 e. The number of hydrogen-bond acceptors (Lipinski definition) is 6. The number of rotatable bonds is 6. The standard InChI is InChI=1S/C27H21FN6O2S/c1-37(35,36)6-4-16-7-18(9-19(28)8-16)22-13-30-14-25-20(22)10-24(32-25)27-21-11-23(17-3-2-5-29-12-17)31-15-26(21)33-34-27/h2-3,5,7-15,32H,4,6H2,1H3,(H,33,34). The smallest absolute Gasteiger partial charge is 0.147 e. The third kappa shape index (κ3) is 4.58. The van der Waals surface area contributed by atoms with Gasteiger partial charge in [-0.05, 0) is 53.9 Å². The van der Waals surface area contributed by atoms with Gasteiger partial charge in [-0.2, -0.15) is 5.10 Å². The van der Waals surface area contributed by atoms with Gasteiger partial charge in [0, 0.05) is 46.7 Å². The predicted octanol–water partition coefficient (Wildman–Crippen LogP) is 4.96. The van der Waals surface area contributed by atoms with Crippen LogP contribution in [-0.2, 0) is 16.3 Å². The third-order valence-electron chi connectivity index (χ3n) is 6.24. The summed E-state index contributed by atoms with van der Waals surface area (Å²) in [6.07, 6.45) is 10.0. The molecule has 184 valence electrons. The molecule has 0 fully saturated rings. The Kier molecular flexibility index (Phi) is 5.53. The van der Waals surface area contributed by atoms with Crippen LogP contribution in [0.5, 0.6) is 0 Å². The van der Waals surface area contributed by atoms with Gasteiger partial charge in [-0.1, -0.05) is 6.07 Å². The molecule has 0 radical (unpaired) electrons. The highest BCUT2D eigenvalue weighted by molar-refractivity contribution is 7.90. The van der Waals surface area contributed by atoms with E-state index in [1.54, 1.807) is 31.0 Å². The van der Waals surface area contributed by atoms with Crippen molar-refractivity contribution in [1.82, 2.24) is 30.1 Å². The zero-order valence-electron chi connectivity index (χ0n) is 19.7. The molecule has 6 rings (SSSR count). The lowest BCUT2D eigenvalue weighted by molar-refractivity contribution is 0.600. The normalized spacial score (nSPS) is 11.9. The minimum atomic E-state index is -3.17. The second-order valence-corrected chi connectivity index (χ2v) is 11.2. The van der Waals surface area contributed by atoms with Crippen LogP contribution in [-0.4, -0.2) is 50.6 Å². The highest BCUT2D eigenvalue weighted by Gasteiger charge is 2.16. The molecule has 5 heterocycles. The van der Waals surface area contributed by atoms with Crippen LogP contribution in [0, 0.1) is 5.82 Å². The average molecular weight is 513 g/mol. The van der Waals surface area contributed by atoms with Gasteiger partial charge in [-0.3, -0.25) is 20.1 Å². The molecule has 0 spiro atoms. The molecule has 0 aliphatic heterocycles. The van der Waals surface area contributed by atoms with Gasteiger partial charge in [0.15, 0.2) is 0 Å². The van der Waals surface area contributed by atoms with Gasteiger partial charge >= 0.3 is 0 Å². The monoisotopic (exact) mass is 512 g/mol. The Morgan fingerprint density at radius 2 is 1.81 bits per heavy atom. The van der Waals surface area contributed by atoms with Crippen molar-refractivity contribution in [2.75, 3.05) is 12.0 Å². The minimum absolute atomic E-state index is 0.0469. The molecule has 0 aliphatic rings. The molecule has 0 saturated carbocycles. The Bertz CT molecular complexity index is 1880. The van der Waals surface area contributed by atoms with Crippen molar-refractivity contribution in [3.05, 3.63) is 84.8 Å². The fourth-order valence-electron chi connectivity index (χ4n) is 4.46. The summed E-state index contributed by atoms with van der Waals surface area (Å²) in [7, 11) is -3.17. The Morgan fingerprint density at radius 3 is 2.62 bits per heavy atom. The summed E-state index contributed by atoms with van der Waals surface area (Å²) in [5.74, 6) is -0.475. The zero-order chi connectivity index (χ0) is 25.6. The molecule has 1 aromatic carbocycles. The second kappa shape index (κ2) is 8.90. The van der Waals surface area contributed by atoms with Crippen molar-refractivity contribution < 1.29 is 12.8 Å². The topological polar surface area (TPSA) is 117 Å². The number of sulfone groups is 1. The van der Waals surface area contributed by atoms with E-state index in [0.29, 0.717) is 11.1 Å². The van der Waals surface area contributed by atoms with Crippen molar-refractivity contribution >= 4 is 31.6 Å². The van der Waals surface area contributed by atoms with E-state index >= 15 is 0 Å². The predicted molar refractivity (Wildman–Crippen MR) is 141 cm³/mol. The first kappa shape index (κ1) is 23.0. The first-order valence-corrected chi connectivity index (χ1v) is 13.6. The Labute approximate surface area is 211 Å². The average Bonchev–Trinajstić information content (AvgIpc) is 3.51. The first-order chi connectivity index (χ1) is 17.8. The molecule has 0 unspecified atom stereocenters. The third-order valence-corrected chi connectivity index (χ3v) is 7.18. The first-order valence-electron chi connectivity index (χ1n) is 11.5. The van der Waals surface area contributed by atoms with E-state index in [1.165, 1.54) is 18.4 Å².